The number of carbonyl (C=O) groups excluding carboxylic acids is 1. The van der Waals surface area contributed by atoms with Crippen LogP contribution in [0.3, 0.4) is 0 Å². The summed E-state index contributed by atoms with van der Waals surface area (Å²) in [6.45, 7) is 3.85. The molecule has 3 aromatic rings. The highest BCUT2D eigenvalue weighted by molar-refractivity contribution is 7.89. The monoisotopic (exact) mass is 477 g/mol. The van der Waals surface area contributed by atoms with Gasteiger partial charge in [-0.3, -0.25) is 14.9 Å². The Morgan fingerprint density at radius 1 is 1.09 bits per heavy atom. The Morgan fingerprint density at radius 2 is 1.78 bits per heavy atom. The van der Waals surface area contributed by atoms with E-state index in [2.05, 4.69) is 0 Å². The highest BCUT2D eigenvalue weighted by Crippen LogP contribution is 2.30. The Balaban J connectivity index is 1.53. The second-order valence-corrected chi connectivity index (χ2v) is 9.94. The van der Waals surface area contributed by atoms with E-state index in [9.17, 15) is 23.3 Å². The van der Waals surface area contributed by atoms with Crippen molar-refractivity contribution in [2.45, 2.75) is 18.7 Å². The van der Waals surface area contributed by atoms with Crippen LogP contribution in [0.5, 0.6) is 0 Å². The van der Waals surface area contributed by atoms with Gasteiger partial charge in [0.05, 0.1) is 9.82 Å². The van der Waals surface area contributed by atoms with Gasteiger partial charge >= 0.3 is 0 Å². The Labute approximate surface area is 189 Å². The minimum atomic E-state index is -3.94. The minimum Gasteiger partial charge on any atom is -0.451 e. The molecule has 1 aliphatic heterocycles. The molecule has 1 saturated heterocycles. The first-order valence-corrected chi connectivity index (χ1v) is 11.6. The van der Waals surface area contributed by atoms with Gasteiger partial charge < -0.3 is 9.32 Å². The molecule has 0 spiro atoms. The van der Waals surface area contributed by atoms with Crippen LogP contribution in [0.1, 0.15) is 21.7 Å². The zero-order valence-corrected chi connectivity index (χ0v) is 18.9. The van der Waals surface area contributed by atoms with Crippen LogP contribution in [-0.2, 0) is 10.0 Å². The standard InChI is InChI=1S/C21H20ClN3O6S/c1-13-3-5-16(25(27)28)12-19(13)32(29,30)24-9-7-23(8-10-24)21(26)20-14(2)17-11-15(22)4-6-18(17)31-20/h3-6,11-12H,7-10H2,1-2H3. The number of fused-ring (bicyclic) bond motifs is 1. The van der Waals surface area contributed by atoms with E-state index in [0.717, 1.165) is 11.5 Å². The number of carbonyl (C=O) groups is 1. The maximum absolute atomic E-state index is 13.1. The van der Waals surface area contributed by atoms with Gasteiger partial charge in [-0.05, 0) is 37.6 Å². The third kappa shape index (κ3) is 3.85. The van der Waals surface area contributed by atoms with Crippen molar-refractivity contribution in [3.8, 4) is 0 Å². The number of amides is 1. The van der Waals surface area contributed by atoms with Crippen LogP contribution >= 0.6 is 11.6 Å². The lowest BCUT2D eigenvalue weighted by atomic mass is 10.1. The molecule has 32 heavy (non-hydrogen) atoms. The molecule has 11 heteroatoms. The quantitative estimate of drug-likeness (QED) is 0.417. The van der Waals surface area contributed by atoms with Gasteiger partial charge in [0.2, 0.25) is 10.0 Å². The molecule has 168 valence electrons. The van der Waals surface area contributed by atoms with Gasteiger partial charge in [-0.15, -0.1) is 0 Å². The van der Waals surface area contributed by atoms with E-state index in [1.165, 1.54) is 16.4 Å². The molecule has 2 heterocycles. The second kappa shape index (κ2) is 8.19. The van der Waals surface area contributed by atoms with Crippen molar-refractivity contribution in [3.05, 3.63) is 68.4 Å². The Morgan fingerprint density at radius 3 is 2.44 bits per heavy atom. The predicted molar refractivity (Wildman–Crippen MR) is 118 cm³/mol. The van der Waals surface area contributed by atoms with Gasteiger partial charge in [-0.1, -0.05) is 17.7 Å². The Bertz CT molecular complexity index is 1340. The summed E-state index contributed by atoms with van der Waals surface area (Å²) in [5, 5.41) is 12.4. The largest absolute Gasteiger partial charge is 0.451 e. The van der Waals surface area contributed by atoms with E-state index in [-0.39, 0.29) is 48.4 Å². The molecule has 0 unspecified atom stereocenters. The number of hydrogen-bond donors (Lipinski definition) is 0. The first kappa shape index (κ1) is 22.3. The molecule has 0 aliphatic carbocycles. The molecule has 0 radical (unpaired) electrons. The number of furan rings is 1. The Hall–Kier alpha value is -2.95. The number of nitro groups is 1. The summed E-state index contributed by atoms with van der Waals surface area (Å²) in [4.78, 5) is 24.9. The Kier molecular flexibility index (Phi) is 5.70. The van der Waals surface area contributed by atoms with Gasteiger partial charge in [-0.2, -0.15) is 4.31 Å². The van der Waals surface area contributed by atoms with Crippen molar-refractivity contribution in [1.29, 1.82) is 0 Å². The second-order valence-electron chi connectivity index (χ2n) is 7.60. The number of hydrogen-bond acceptors (Lipinski definition) is 6. The molecule has 0 bridgehead atoms. The fourth-order valence-electron chi connectivity index (χ4n) is 3.79. The van der Waals surface area contributed by atoms with Crippen LogP contribution in [0.2, 0.25) is 5.02 Å². The maximum atomic E-state index is 13.1. The van der Waals surface area contributed by atoms with E-state index in [1.807, 2.05) is 0 Å². The van der Waals surface area contributed by atoms with Crippen LogP contribution in [0.15, 0.2) is 45.7 Å². The van der Waals surface area contributed by atoms with E-state index < -0.39 is 14.9 Å². The average molecular weight is 478 g/mol. The van der Waals surface area contributed by atoms with Crippen LogP contribution in [0, 0.1) is 24.0 Å². The van der Waals surface area contributed by atoms with Gasteiger partial charge in [0.1, 0.15) is 5.58 Å². The lowest BCUT2D eigenvalue weighted by Crippen LogP contribution is -2.50. The van der Waals surface area contributed by atoms with Crippen molar-refractivity contribution >= 4 is 44.2 Å². The van der Waals surface area contributed by atoms with Crippen LogP contribution < -0.4 is 0 Å². The van der Waals surface area contributed by atoms with Crippen molar-refractivity contribution in [2.75, 3.05) is 26.2 Å². The summed E-state index contributed by atoms with van der Waals surface area (Å²) in [5.41, 5.74) is 1.36. The first-order chi connectivity index (χ1) is 15.1. The summed E-state index contributed by atoms with van der Waals surface area (Å²) >= 11 is 6.04. The van der Waals surface area contributed by atoms with Crippen LogP contribution in [0.4, 0.5) is 5.69 Å². The third-order valence-electron chi connectivity index (χ3n) is 5.62. The molecule has 0 N–H and O–H groups in total. The molecule has 0 saturated carbocycles. The maximum Gasteiger partial charge on any atom is 0.289 e. The van der Waals surface area contributed by atoms with Crippen LogP contribution in [-0.4, -0.2) is 54.6 Å². The number of nitro benzene ring substituents is 1. The fourth-order valence-corrected chi connectivity index (χ4v) is 5.63. The summed E-state index contributed by atoms with van der Waals surface area (Å²) in [6.07, 6.45) is 0. The molecule has 1 aliphatic rings. The molecule has 1 aromatic heterocycles. The van der Waals surface area contributed by atoms with Crippen molar-refractivity contribution in [2.24, 2.45) is 0 Å². The number of non-ortho nitro benzene ring substituents is 1. The zero-order chi connectivity index (χ0) is 23.2. The number of aryl methyl sites for hydroxylation is 2. The molecule has 4 rings (SSSR count). The summed E-state index contributed by atoms with van der Waals surface area (Å²) in [6, 6.07) is 8.88. The van der Waals surface area contributed by atoms with Gasteiger partial charge in [0, 0.05) is 54.3 Å². The predicted octanol–water partition coefficient (Wildman–Crippen LogP) is 3.76. The molecular weight excluding hydrogens is 458 g/mol. The number of rotatable bonds is 4. The van der Waals surface area contributed by atoms with Gasteiger partial charge in [-0.25, -0.2) is 8.42 Å². The average Bonchev–Trinajstić information content (AvgIpc) is 3.09. The lowest BCUT2D eigenvalue weighted by Gasteiger charge is -2.33. The van der Waals surface area contributed by atoms with Crippen molar-refractivity contribution < 1.29 is 22.6 Å². The molecule has 1 fully saturated rings. The third-order valence-corrected chi connectivity index (χ3v) is 7.89. The zero-order valence-electron chi connectivity index (χ0n) is 17.4. The SMILES string of the molecule is Cc1ccc([N+](=O)[O-])cc1S(=O)(=O)N1CCN(C(=O)c2oc3ccc(Cl)cc3c2C)CC1. The van der Waals surface area contributed by atoms with Crippen LogP contribution in [0.25, 0.3) is 11.0 Å². The topological polar surface area (TPSA) is 114 Å². The van der Waals surface area contributed by atoms with E-state index in [1.54, 1.807) is 36.9 Å². The first-order valence-electron chi connectivity index (χ1n) is 9.82. The van der Waals surface area contributed by atoms with Gasteiger partial charge in [0.15, 0.2) is 5.76 Å². The lowest BCUT2D eigenvalue weighted by molar-refractivity contribution is -0.385. The molecule has 2 aromatic carbocycles. The van der Waals surface area contributed by atoms with E-state index >= 15 is 0 Å². The number of halogens is 1. The summed E-state index contributed by atoms with van der Waals surface area (Å²) < 4.78 is 33.2. The molecule has 1 amide bonds. The minimum absolute atomic E-state index is 0.0707. The number of benzene rings is 2. The van der Waals surface area contributed by atoms with Gasteiger partial charge in [0.25, 0.3) is 11.6 Å². The molecular formula is C21H20ClN3O6S. The molecule has 0 atom stereocenters. The summed E-state index contributed by atoms with van der Waals surface area (Å²) in [5.74, 6) is -0.119. The van der Waals surface area contributed by atoms with Crippen molar-refractivity contribution in [3.63, 3.8) is 0 Å². The number of sulfonamides is 1. The highest BCUT2D eigenvalue weighted by atomic mass is 35.5. The van der Waals surface area contributed by atoms with E-state index in [4.69, 9.17) is 16.0 Å². The summed E-state index contributed by atoms with van der Waals surface area (Å²) in [7, 11) is -3.94. The van der Waals surface area contributed by atoms with E-state index in [0.29, 0.717) is 21.7 Å². The molecule has 9 nitrogen and oxygen atoms in total. The van der Waals surface area contributed by atoms with Crippen molar-refractivity contribution in [1.82, 2.24) is 9.21 Å². The highest BCUT2D eigenvalue weighted by Gasteiger charge is 2.33. The number of nitrogens with zero attached hydrogens (tertiary/aromatic N) is 3. The fraction of sp³-hybridized carbons (Fsp3) is 0.286. The smallest absolute Gasteiger partial charge is 0.289 e. The normalized spacial score (nSPS) is 15.3. The number of piperazine rings is 1.